The lowest BCUT2D eigenvalue weighted by Crippen LogP contribution is -2.56. The van der Waals surface area contributed by atoms with Gasteiger partial charge >= 0.3 is 0 Å². The molecular formula is C29H25N3O9. The lowest BCUT2D eigenvalue weighted by Gasteiger charge is -2.41. The van der Waals surface area contributed by atoms with Gasteiger partial charge in [-0.2, -0.15) is 0 Å². The minimum absolute atomic E-state index is 0.177. The maximum atomic E-state index is 13.4. The molecule has 0 radical (unpaired) electrons. The molecule has 0 bridgehead atoms. The number of carbonyl (C=O) groups excluding carboxylic acids is 2. The molecule has 41 heavy (non-hydrogen) atoms. The summed E-state index contributed by atoms with van der Waals surface area (Å²) in [6.45, 7) is 2.96. The number of nitrogens with zero attached hydrogens (tertiary/aromatic N) is 1. The first-order chi connectivity index (χ1) is 19.6. The summed E-state index contributed by atoms with van der Waals surface area (Å²) in [6.07, 6.45) is -7.19. The van der Waals surface area contributed by atoms with Crippen LogP contribution in [0.15, 0.2) is 36.4 Å². The second-order valence-corrected chi connectivity index (χ2v) is 11.2. The van der Waals surface area contributed by atoms with Crippen LogP contribution in [0.1, 0.15) is 40.8 Å². The Labute approximate surface area is 230 Å². The molecule has 12 heteroatoms. The van der Waals surface area contributed by atoms with Crippen LogP contribution in [0.5, 0.6) is 11.5 Å². The zero-order valence-electron chi connectivity index (χ0n) is 21.8. The van der Waals surface area contributed by atoms with Crippen molar-refractivity contribution in [3.8, 4) is 11.5 Å². The van der Waals surface area contributed by atoms with Crippen molar-refractivity contribution in [2.75, 3.05) is 6.61 Å². The van der Waals surface area contributed by atoms with Gasteiger partial charge < -0.3 is 44.2 Å². The summed E-state index contributed by atoms with van der Waals surface area (Å²) in [5, 5.41) is 46.7. The number of H-pyrrole nitrogens is 1. The smallest absolute Gasteiger partial charge is 0.259 e. The fraction of sp³-hybridized carbons (Fsp3) is 0.310. The molecular weight excluding hydrogens is 534 g/mol. The van der Waals surface area contributed by atoms with E-state index in [1.54, 1.807) is 54.8 Å². The van der Waals surface area contributed by atoms with E-state index in [-0.39, 0.29) is 11.1 Å². The van der Waals surface area contributed by atoms with Gasteiger partial charge in [0.2, 0.25) is 5.79 Å². The van der Waals surface area contributed by atoms with Crippen LogP contribution in [0.4, 0.5) is 0 Å². The molecule has 5 unspecified atom stereocenters. The first kappa shape index (κ1) is 24.6. The molecule has 2 amide bonds. The van der Waals surface area contributed by atoms with Gasteiger partial charge in [-0.25, -0.2) is 0 Å². The summed E-state index contributed by atoms with van der Waals surface area (Å²) in [4.78, 5) is 30.1. The molecule has 5 heterocycles. The number of fused-ring (bicyclic) bond motifs is 11. The minimum atomic E-state index is -1.62. The number of amides is 2. The van der Waals surface area contributed by atoms with Gasteiger partial charge in [0, 0.05) is 41.5 Å². The molecule has 12 nitrogen and oxygen atoms in total. The molecule has 1 saturated heterocycles. The van der Waals surface area contributed by atoms with Crippen molar-refractivity contribution in [2.45, 2.75) is 50.3 Å². The van der Waals surface area contributed by atoms with Gasteiger partial charge in [0.05, 0.1) is 39.8 Å². The van der Waals surface area contributed by atoms with Crippen molar-refractivity contribution in [1.82, 2.24) is 14.9 Å². The van der Waals surface area contributed by atoms with E-state index < -0.39 is 54.9 Å². The monoisotopic (exact) mass is 559 g/mol. The van der Waals surface area contributed by atoms with Gasteiger partial charge in [0.15, 0.2) is 17.7 Å². The predicted octanol–water partition coefficient (Wildman–Crippen LogP) is 1.79. The van der Waals surface area contributed by atoms with Crippen molar-refractivity contribution < 1.29 is 44.2 Å². The molecule has 5 atom stereocenters. The first-order valence-electron chi connectivity index (χ1n) is 13.2. The topological polar surface area (TPSA) is 176 Å². The molecule has 210 valence electrons. The highest BCUT2D eigenvalue weighted by Gasteiger charge is 2.46. The van der Waals surface area contributed by atoms with Crippen molar-refractivity contribution in [1.29, 1.82) is 0 Å². The molecule has 5 aromatic rings. The Morgan fingerprint density at radius 2 is 1.59 bits per heavy atom. The largest absolute Gasteiger partial charge is 0.449 e. The van der Waals surface area contributed by atoms with Crippen molar-refractivity contribution in [3.05, 3.63) is 47.5 Å². The quantitative estimate of drug-likeness (QED) is 0.176. The van der Waals surface area contributed by atoms with E-state index in [4.69, 9.17) is 14.2 Å². The van der Waals surface area contributed by atoms with E-state index in [1.165, 1.54) is 0 Å². The summed E-state index contributed by atoms with van der Waals surface area (Å²) in [5.74, 6) is -0.992. The molecule has 3 aliphatic heterocycles. The maximum absolute atomic E-state index is 13.4. The number of carbonyl (C=O) groups is 2. The normalized spacial score (nSPS) is 26.9. The molecule has 3 aromatic carbocycles. The van der Waals surface area contributed by atoms with Crippen LogP contribution in [0.3, 0.4) is 0 Å². The fourth-order valence-electron chi connectivity index (χ4n) is 6.60. The summed E-state index contributed by atoms with van der Waals surface area (Å²) in [5.41, 5.74) is 2.47. The number of hydrogen-bond donors (Lipinski definition) is 6. The van der Waals surface area contributed by atoms with Crippen LogP contribution in [0.25, 0.3) is 43.6 Å². The maximum Gasteiger partial charge on any atom is 0.259 e. The van der Waals surface area contributed by atoms with E-state index in [2.05, 4.69) is 10.3 Å². The zero-order chi connectivity index (χ0) is 28.5. The molecule has 0 aliphatic carbocycles. The Kier molecular flexibility index (Phi) is 4.77. The number of imide groups is 1. The predicted molar refractivity (Wildman–Crippen MR) is 145 cm³/mol. The lowest BCUT2D eigenvalue weighted by atomic mass is 9.96. The molecule has 2 aromatic heterocycles. The highest BCUT2D eigenvalue weighted by molar-refractivity contribution is 6.39. The molecule has 0 spiro atoms. The Morgan fingerprint density at radius 1 is 0.902 bits per heavy atom. The summed E-state index contributed by atoms with van der Waals surface area (Å²) in [7, 11) is 0. The van der Waals surface area contributed by atoms with Gasteiger partial charge in [-0.1, -0.05) is 18.2 Å². The SMILES string of the molecule is CC1(C)Oc2cc3[nH]c4c(c5c(c6c7ccccc7n(C7OC(CO)C(O)C(O)C7O)c46)C(=O)NC5=O)c3cc2O1. The highest BCUT2D eigenvalue weighted by atomic mass is 16.7. The number of benzene rings is 3. The number of rotatable bonds is 2. The number of para-hydroxylation sites is 1. The van der Waals surface area contributed by atoms with E-state index in [0.717, 1.165) is 0 Å². The number of ether oxygens (including phenoxy) is 3. The van der Waals surface area contributed by atoms with Gasteiger partial charge in [-0.15, -0.1) is 0 Å². The average molecular weight is 560 g/mol. The van der Waals surface area contributed by atoms with Crippen LogP contribution >= 0.6 is 0 Å². The third kappa shape index (κ3) is 3.10. The number of aliphatic hydroxyl groups is 4. The van der Waals surface area contributed by atoms with E-state index >= 15 is 0 Å². The van der Waals surface area contributed by atoms with Crippen LogP contribution in [-0.4, -0.2) is 78.6 Å². The number of hydrogen-bond acceptors (Lipinski definition) is 9. The fourth-order valence-corrected chi connectivity index (χ4v) is 6.60. The van der Waals surface area contributed by atoms with Crippen molar-refractivity contribution in [2.24, 2.45) is 0 Å². The van der Waals surface area contributed by atoms with Gasteiger partial charge in [-0.3, -0.25) is 14.9 Å². The van der Waals surface area contributed by atoms with Crippen molar-refractivity contribution in [3.63, 3.8) is 0 Å². The number of nitrogens with one attached hydrogen (secondary N) is 2. The Hall–Kier alpha value is -4.20. The standard InChI is InChI=1S/C29H25N3O9/c1-29(2)40-14-7-11-12(8-15(14)41-29)30-21-17(11)19-20(27(38)31-26(19)37)18-10-5-3-4-6-13(10)32(22(18)21)28-25(36)24(35)23(34)16(9-33)39-28/h3-8,16,23-25,28,30,33-36H,9H2,1-2H3,(H,31,37,38). The van der Waals surface area contributed by atoms with Crippen LogP contribution in [-0.2, 0) is 4.74 Å². The molecule has 3 aliphatic rings. The summed E-state index contributed by atoms with van der Waals surface area (Å²) < 4.78 is 19.5. The average Bonchev–Trinajstić information content (AvgIpc) is 3.64. The minimum Gasteiger partial charge on any atom is -0.449 e. The summed E-state index contributed by atoms with van der Waals surface area (Å²) >= 11 is 0. The molecule has 1 fully saturated rings. The van der Waals surface area contributed by atoms with E-state index in [9.17, 15) is 30.0 Å². The summed E-state index contributed by atoms with van der Waals surface area (Å²) in [6, 6.07) is 10.7. The first-order valence-corrected chi connectivity index (χ1v) is 13.2. The van der Waals surface area contributed by atoms with Crippen LogP contribution in [0.2, 0.25) is 0 Å². The van der Waals surface area contributed by atoms with Crippen molar-refractivity contribution >= 4 is 55.4 Å². The highest BCUT2D eigenvalue weighted by Crippen LogP contribution is 2.49. The lowest BCUT2D eigenvalue weighted by molar-refractivity contribution is -0.249. The number of aromatic nitrogens is 2. The Bertz CT molecular complexity index is 1990. The third-order valence-electron chi connectivity index (χ3n) is 8.27. The zero-order valence-corrected chi connectivity index (χ0v) is 21.8. The number of aromatic amines is 1. The molecule has 0 saturated carbocycles. The Balaban J connectivity index is 1.54. The second-order valence-electron chi connectivity index (χ2n) is 11.2. The molecule has 8 rings (SSSR count). The van der Waals surface area contributed by atoms with E-state index in [1.807, 2.05) is 0 Å². The molecule has 6 N–H and O–H groups in total. The third-order valence-corrected chi connectivity index (χ3v) is 8.27. The van der Waals surface area contributed by atoms with Crippen LogP contribution < -0.4 is 14.8 Å². The van der Waals surface area contributed by atoms with Gasteiger partial charge in [-0.05, 0) is 12.1 Å². The van der Waals surface area contributed by atoms with E-state index in [0.29, 0.717) is 55.1 Å². The van der Waals surface area contributed by atoms with Gasteiger partial charge in [0.25, 0.3) is 11.8 Å². The second kappa shape index (κ2) is 7.96. The van der Waals surface area contributed by atoms with Crippen LogP contribution in [0, 0.1) is 0 Å². The van der Waals surface area contributed by atoms with Gasteiger partial charge in [0.1, 0.15) is 24.4 Å². The number of aliphatic hydroxyl groups excluding tert-OH is 4. The Morgan fingerprint density at radius 3 is 2.32 bits per heavy atom.